The molecule has 1 N–H and O–H groups in total. The van der Waals surface area contributed by atoms with Crippen LogP contribution in [0.15, 0.2) is 41.6 Å². The summed E-state index contributed by atoms with van der Waals surface area (Å²) in [6.07, 6.45) is 5.54. The molecule has 10 nitrogen and oxygen atoms in total. The fourth-order valence-electron chi connectivity index (χ4n) is 5.54. The first-order valence-electron chi connectivity index (χ1n) is 13.3. The maximum atomic E-state index is 13.8. The summed E-state index contributed by atoms with van der Waals surface area (Å²) >= 11 is 6.25. The van der Waals surface area contributed by atoms with Crippen molar-refractivity contribution in [1.29, 1.82) is 0 Å². The number of ether oxygens (including phenoxy) is 1. The van der Waals surface area contributed by atoms with Gasteiger partial charge in [0.1, 0.15) is 17.2 Å². The smallest absolute Gasteiger partial charge is 0.260 e. The van der Waals surface area contributed by atoms with Crippen molar-refractivity contribution >= 4 is 39.1 Å². The minimum Gasteiger partial charge on any atom is -0.381 e. The van der Waals surface area contributed by atoms with Crippen molar-refractivity contribution in [3.05, 3.63) is 63.4 Å². The van der Waals surface area contributed by atoms with Crippen LogP contribution in [0.4, 0.5) is 5.69 Å². The predicted molar refractivity (Wildman–Crippen MR) is 152 cm³/mol. The summed E-state index contributed by atoms with van der Waals surface area (Å²) in [4.78, 5) is 22.6. The molecule has 39 heavy (non-hydrogen) atoms. The highest BCUT2D eigenvalue weighted by molar-refractivity contribution is 6.29. The Kier molecular flexibility index (Phi) is 6.60. The molecule has 5 heterocycles. The number of anilines is 1. The predicted octanol–water partition coefficient (Wildman–Crippen LogP) is 5.05. The molecular weight excluding hydrogens is 516 g/mol. The van der Waals surface area contributed by atoms with Crippen molar-refractivity contribution in [2.24, 2.45) is 7.05 Å². The first-order chi connectivity index (χ1) is 18.8. The quantitative estimate of drug-likeness (QED) is 0.297. The van der Waals surface area contributed by atoms with Crippen LogP contribution in [0.2, 0.25) is 5.15 Å². The largest absolute Gasteiger partial charge is 0.381 e. The molecule has 11 heteroatoms. The van der Waals surface area contributed by atoms with E-state index in [1.165, 1.54) is 0 Å². The van der Waals surface area contributed by atoms with E-state index in [9.17, 15) is 4.79 Å². The molecule has 1 aliphatic heterocycles. The Bertz CT molecular complexity index is 1750. The molecule has 4 aromatic heterocycles. The lowest BCUT2D eigenvalue weighted by Crippen LogP contribution is -2.22. The summed E-state index contributed by atoms with van der Waals surface area (Å²) in [7, 11) is 1.81. The van der Waals surface area contributed by atoms with Crippen molar-refractivity contribution in [2.45, 2.75) is 52.2 Å². The minimum absolute atomic E-state index is 0.0269. The molecule has 0 bridgehead atoms. The Balaban J connectivity index is 1.52. The van der Waals surface area contributed by atoms with E-state index in [4.69, 9.17) is 21.4 Å². The number of hydrogen-bond donors (Lipinski definition) is 1. The van der Waals surface area contributed by atoms with E-state index < -0.39 is 0 Å². The summed E-state index contributed by atoms with van der Waals surface area (Å²) < 4.78 is 11.0. The van der Waals surface area contributed by atoms with Crippen LogP contribution in [0.25, 0.3) is 33.3 Å². The zero-order valence-corrected chi connectivity index (χ0v) is 23.2. The molecule has 1 saturated heterocycles. The average molecular weight is 547 g/mol. The number of nitrogens with zero attached hydrogens (tertiary/aromatic N) is 7. The van der Waals surface area contributed by atoms with Crippen LogP contribution in [-0.4, -0.2) is 47.3 Å². The molecule has 0 radical (unpaired) electrons. The Labute approximate surface area is 230 Å². The van der Waals surface area contributed by atoms with Crippen LogP contribution < -0.4 is 10.9 Å². The number of aromatic nitrogens is 7. The van der Waals surface area contributed by atoms with Gasteiger partial charge >= 0.3 is 0 Å². The van der Waals surface area contributed by atoms with E-state index in [2.05, 4.69) is 39.6 Å². The van der Waals surface area contributed by atoms with Gasteiger partial charge in [0.15, 0.2) is 5.65 Å². The SMILES string of the molecule is CCn1c(=O)c2cc(C)cc(C(C)Nc3ccc(Cl)nc3-c3ncn(C)n3)c2c2cn(C3CCOCC3)nc21. The van der Waals surface area contributed by atoms with Gasteiger partial charge < -0.3 is 10.1 Å². The number of fused-ring (bicyclic) bond motifs is 3. The molecule has 202 valence electrons. The van der Waals surface area contributed by atoms with E-state index in [0.717, 1.165) is 53.6 Å². The van der Waals surface area contributed by atoms with Crippen molar-refractivity contribution in [1.82, 2.24) is 34.1 Å². The molecule has 6 rings (SSSR count). The summed E-state index contributed by atoms with van der Waals surface area (Å²) in [5, 5.41) is 15.9. The van der Waals surface area contributed by atoms with Crippen LogP contribution in [0, 0.1) is 6.92 Å². The Morgan fingerprint density at radius 1 is 1.18 bits per heavy atom. The third kappa shape index (κ3) is 4.57. The first kappa shape index (κ1) is 25.5. The molecular formula is C28H31ClN8O2. The maximum absolute atomic E-state index is 13.8. The standard InChI is InChI=1S/C28H31ClN8O2/c1-5-36-27-21(14-37(34-27)18-8-10-39-11-9-18)24-19(12-16(2)13-20(24)28(36)38)17(3)31-22-6-7-23(29)32-25(22)26-30-15-35(4)33-26/h6-7,12-15,17-18,31H,5,8-11H2,1-4H3. The van der Waals surface area contributed by atoms with Crippen LogP contribution in [0.3, 0.4) is 0 Å². The minimum atomic E-state index is -0.177. The highest BCUT2D eigenvalue weighted by atomic mass is 35.5. The number of nitrogens with one attached hydrogen (secondary N) is 1. The Morgan fingerprint density at radius 3 is 2.69 bits per heavy atom. The fourth-order valence-corrected chi connectivity index (χ4v) is 5.68. The summed E-state index contributed by atoms with van der Waals surface area (Å²) in [5.74, 6) is 0.481. The second kappa shape index (κ2) is 10.1. The zero-order chi connectivity index (χ0) is 27.3. The van der Waals surface area contributed by atoms with Gasteiger partial charge in [0.25, 0.3) is 5.56 Å². The molecule has 0 spiro atoms. The molecule has 0 amide bonds. The van der Waals surface area contributed by atoms with Gasteiger partial charge in [-0.15, -0.1) is 5.10 Å². The van der Waals surface area contributed by atoms with Gasteiger partial charge in [-0.25, -0.2) is 9.97 Å². The number of hydrogen-bond acceptors (Lipinski definition) is 7. The number of halogens is 1. The topological polar surface area (TPSA) is 105 Å². The average Bonchev–Trinajstić information content (AvgIpc) is 3.57. The molecule has 1 fully saturated rings. The second-order valence-corrected chi connectivity index (χ2v) is 10.5. The highest BCUT2D eigenvalue weighted by Crippen LogP contribution is 2.35. The summed E-state index contributed by atoms with van der Waals surface area (Å²) in [6, 6.07) is 7.83. The zero-order valence-electron chi connectivity index (χ0n) is 22.5. The van der Waals surface area contributed by atoms with Gasteiger partial charge in [-0.05, 0) is 62.9 Å². The fraction of sp³-hybridized carbons (Fsp3) is 0.393. The van der Waals surface area contributed by atoms with Gasteiger partial charge in [-0.1, -0.05) is 17.7 Å². The van der Waals surface area contributed by atoms with E-state index in [-0.39, 0.29) is 17.6 Å². The first-order valence-corrected chi connectivity index (χ1v) is 13.6. The maximum Gasteiger partial charge on any atom is 0.260 e. The van der Waals surface area contributed by atoms with E-state index >= 15 is 0 Å². The normalized spacial score (nSPS) is 15.3. The lowest BCUT2D eigenvalue weighted by Gasteiger charge is -2.22. The van der Waals surface area contributed by atoms with E-state index in [1.807, 2.05) is 37.7 Å². The van der Waals surface area contributed by atoms with E-state index in [1.54, 1.807) is 21.6 Å². The van der Waals surface area contributed by atoms with Gasteiger partial charge in [0, 0.05) is 55.2 Å². The summed E-state index contributed by atoms with van der Waals surface area (Å²) in [5.41, 5.74) is 4.03. The van der Waals surface area contributed by atoms with Crippen molar-refractivity contribution in [2.75, 3.05) is 18.5 Å². The molecule has 1 aliphatic rings. The number of benzene rings is 1. The number of pyridine rings is 2. The van der Waals surface area contributed by atoms with Crippen molar-refractivity contribution in [3.8, 4) is 11.5 Å². The Morgan fingerprint density at radius 2 is 1.97 bits per heavy atom. The third-order valence-corrected chi connectivity index (χ3v) is 7.63. The highest BCUT2D eigenvalue weighted by Gasteiger charge is 2.24. The van der Waals surface area contributed by atoms with Gasteiger partial charge in [-0.2, -0.15) is 5.10 Å². The summed E-state index contributed by atoms with van der Waals surface area (Å²) in [6.45, 7) is 8.07. The molecule has 1 atom stereocenters. The molecule has 0 saturated carbocycles. The Hall–Kier alpha value is -3.76. The number of aryl methyl sites for hydroxylation is 3. The van der Waals surface area contributed by atoms with Gasteiger partial charge in [0.2, 0.25) is 5.82 Å². The van der Waals surface area contributed by atoms with Crippen LogP contribution in [0.5, 0.6) is 0 Å². The second-order valence-electron chi connectivity index (χ2n) is 10.2. The van der Waals surface area contributed by atoms with Crippen LogP contribution in [-0.2, 0) is 18.3 Å². The third-order valence-electron chi connectivity index (χ3n) is 7.42. The molecule has 5 aromatic rings. The van der Waals surface area contributed by atoms with Crippen LogP contribution >= 0.6 is 11.6 Å². The van der Waals surface area contributed by atoms with Crippen molar-refractivity contribution in [3.63, 3.8) is 0 Å². The monoisotopic (exact) mass is 546 g/mol. The van der Waals surface area contributed by atoms with Crippen LogP contribution in [0.1, 0.15) is 49.9 Å². The molecule has 1 aromatic carbocycles. The lowest BCUT2D eigenvalue weighted by atomic mass is 9.95. The van der Waals surface area contributed by atoms with Crippen molar-refractivity contribution < 1.29 is 4.74 Å². The van der Waals surface area contributed by atoms with E-state index in [0.29, 0.717) is 34.2 Å². The molecule has 0 aliphatic carbocycles. The van der Waals surface area contributed by atoms with Gasteiger partial charge in [-0.3, -0.25) is 18.7 Å². The number of rotatable bonds is 6. The molecule has 1 unspecified atom stereocenters. The lowest BCUT2D eigenvalue weighted by molar-refractivity contribution is 0.0664. The van der Waals surface area contributed by atoms with Gasteiger partial charge in [0.05, 0.1) is 11.7 Å².